The van der Waals surface area contributed by atoms with Gasteiger partial charge in [-0.2, -0.15) is 0 Å². The van der Waals surface area contributed by atoms with E-state index in [1.54, 1.807) is 11.1 Å². The van der Waals surface area contributed by atoms with Gasteiger partial charge in [0, 0.05) is 0 Å². The number of allylic oxidation sites excluding steroid dienone is 2. The van der Waals surface area contributed by atoms with Gasteiger partial charge in [-0.1, -0.05) is 50.5 Å². The smallest absolute Gasteiger partial charge is 0.0135 e. The van der Waals surface area contributed by atoms with Gasteiger partial charge in [0.05, 0.1) is 0 Å². The molecule has 0 heteroatoms. The average Bonchev–Trinajstić information content (AvgIpc) is 2.36. The third-order valence-corrected chi connectivity index (χ3v) is 5.78. The first kappa shape index (κ1) is 11.6. The van der Waals surface area contributed by atoms with Crippen molar-refractivity contribution in [3.05, 3.63) is 24.3 Å². The van der Waals surface area contributed by atoms with Gasteiger partial charge in [0.15, 0.2) is 0 Å². The Kier molecular flexibility index (Phi) is 2.92. The Labute approximate surface area is 106 Å². The average molecular weight is 230 g/mol. The minimum atomic E-state index is 0.783. The Bertz CT molecular complexity index is 338. The first-order valence-corrected chi connectivity index (χ1v) is 7.56. The maximum absolute atomic E-state index is 4.51. The minimum absolute atomic E-state index is 0.783. The molecule has 0 aromatic carbocycles. The molecule has 3 aliphatic rings. The molecule has 5 atom stereocenters. The highest BCUT2D eigenvalue weighted by Crippen LogP contribution is 2.55. The molecule has 3 saturated carbocycles. The van der Waals surface area contributed by atoms with Gasteiger partial charge < -0.3 is 0 Å². The Morgan fingerprint density at radius 1 is 0.765 bits per heavy atom. The van der Waals surface area contributed by atoms with Crippen molar-refractivity contribution in [3.8, 4) is 0 Å². The first-order valence-electron chi connectivity index (χ1n) is 7.56. The number of rotatable bonds is 0. The summed E-state index contributed by atoms with van der Waals surface area (Å²) in [5.41, 5.74) is 3.22. The molecule has 0 heterocycles. The van der Waals surface area contributed by atoms with Crippen molar-refractivity contribution in [2.24, 2.45) is 29.6 Å². The van der Waals surface area contributed by atoms with E-state index in [1.807, 2.05) is 0 Å². The second-order valence-corrected chi connectivity index (χ2v) is 6.78. The number of fused-ring (bicyclic) bond motifs is 2. The van der Waals surface area contributed by atoms with Crippen molar-refractivity contribution in [1.82, 2.24) is 0 Å². The maximum atomic E-state index is 4.51. The Hall–Kier alpha value is -0.520. The van der Waals surface area contributed by atoms with Crippen molar-refractivity contribution < 1.29 is 0 Å². The van der Waals surface area contributed by atoms with Gasteiger partial charge >= 0.3 is 0 Å². The summed E-state index contributed by atoms with van der Waals surface area (Å²) < 4.78 is 0. The molecular formula is C17H26. The molecule has 94 valence electrons. The molecule has 0 saturated heterocycles. The maximum Gasteiger partial charge on any atom is -0.0135 e. The van der Waals surface area contributed by atoms with Gasteiger partial charge in [-0.15, -0.1) is 0 Å². The van der Waals surface area contributed by atoms with Gasteiger partial charge in [-0.05, 0) is 55.3 Å². The molecular weight excluding hydrogens is 204 g/mol. The van der Waals surface area contributed by atoms with E-state index in [4.69, 9.17) is 0 Å². The molecule has 0 spiro atoms. The molecule has 0 N–H and O–H groups in total. The van der Waals surface area contributed by atoms with Crippen LogP contribution >= 0.6 is 0 Å². The Morgan fingerprint density at radius 2 is 1.29 bits per heavy atom. The summed E-state index contributed by atoms with van der Waals surface area (Å²) in [6.07, 6.45) is 9.78. The van der Waals surface area contributed by atoms with Crippen LogP contribution in [-0.4, -0.2) is 0 Å². The van der Waals surface area contributed by atoms with Crippen LogP contribution in [0.25, 0.3) is 0 Å². The van der Waals surface area contributed by atoms with Crippen LogP contribution in [0.5, 0.6) is 0 Å². The molecule has 0 radical (unpaired) electrons. The van der Waals surface area contributed by atoms with E-state index in [-0.39, 0.29) is 0 Å². The quantitative estimate of drug-likeness (QED) is 0.515. The molecule has 17 heavy (non-hydrogen) atoms. The van der Waals surface area contributed by atoms with Gasteiger partial charge in [-0.25, -0.2) is 0 Å². The highest BCUT2D eigenvalue weighted by molar-refractivity contribution is 5.27. The summed E-state index contributed by atoms with van der Waals surface area (Å²) >= 11 is 0. The fraction of sp³-hybridized carbons (Fsp3) is 0.765. The largest absolute Gasteiger partial charge is 0.0993 e. The topological polar surface area (TPSA) is 0 Å². The second kappa shape index (κ2) is 4.30. The van der Waals surface area contributed by atoms with Crippen LogP contribution in [0.2, 0.25) is 0 Å². The van der Waals surface area contributed by atoms with Crippen molar-refractivity contribution in [3.63, 3.8) is 0 Å². The van der Waals surface area contributed by atoms with Crippen molar-refractivity contribution in [2.45, 2.75) is 51.9 Å². The normalized spacial score (nSPS) is 46.3. The number of hydrogen-bond donors (Lipinski definition) is 0. The molecule has 0 aromatic rings. The van der Waals surface area contributed by atoms with Gasteiger partial charge in [0.25, 0.3) is 0 Å². The van der Waals surface area contributed by atoms with E-state index < -0.39 is 0 Å². The molecule has 0 bridgehead atoms. The molecule has 3 rings (SSSR count). The third kappa shape index (κ3) is 1.80. The van der Waals surface area contributed by atoms with Gasteiger partial charge in [0.2, 0.25) is 0 Å². The van der Waals surface area contributed by atoms with Crippen molar-refractivity contribution in [2.75, 3.05) is 0 Å². The fourth-order valence-electron chi connectivity index (χ4n) is 4.80. The van der Waals surface area contributed by atoms with E-state index in [9.17, 15) is 0 Å². The molecule has 3 aliphatic carbocycles. The summed E-state index contributed by atoms with van der Waals surface area (Å²) in [5, 5.41) is 0. The van der Waals surface area contributed by atoms with E-state index in [0.717, 1.165) is 29.6 Å². The zero-order valence-corrected chi connectivity index (χ0v) is 11.3. The lowest BCUT2D eigenvalue weighted by Crippen LogP contribution is -2.40. The molecule has 5 unspecified atom stereocenters. The van der Waals surface area contributed by atoms with Gasteiger partial charge in [-0.3, -0.25) is 0 Å². The lowest BCUT2D eigenvalue weighted by molar-refractivity contribution is 0.151. The fourth-order valence-corrected chi connectivity index (χ4v) is 4.80. The minimum Gasteiger partial charge on any atom is -0.0993 e. The first-order chi connectivity index (χ1) is 8.18. The van der Waals surface area contributed by atoms with Crippen LogP contribution in [0.4, 0.5) is 0 Å². The van der Waals surface area contributed by atoms with E-state index in [0.29, 0.717) is 0 Å². The molecule has 0 amide bonds. The van der Waals surface area contributed by atoms with Crippen LogP contribution in [-0.2, 0) is 0 Å². The van der Waals surface area contributed by atoms with Crippen LogP contribution in [0.1, 0.15) is 51.9 Å². The standard InChI is InChI=1S/C17H26/c1-11-8-9-16-12(2)14-6-4-5-7-15(14)13(3)17(16)10-11/h11,14-17H,2-10H2,1H3. The highest BCUT2D eigenvalue weighted by Gasteiger charge is 2.44. The summed E-state index contributed by atoms with van der Waals surface area (Å²) in [5.74, 6) is 4.07. The second-order valence-electron chi connectivity index (χ2n) is 6.78. The third-order valence-electron chi connectivity index (χ3n) is 5.78. The van der Waals surface area contributed by atoms with E-state index in [1.165, 1.54) is 44.9 Å². The predicted octanol–water partition coefficient (Wildman–Crippen LogP) is 4.97. The Balaban J connectivity index is 1.88. The lowest BCUT2D eigenvalue weighted by Gasteiger charge is -2.50. The monoisotopic (exact) mass is 230 g/mol. The molecule has 0 aliphatic heterocycles. The summed E-state index contributed by atoms with van der Waals surface area (Å²) in [6, 6.07) is 0. The predicted molar refractivity (Wildman–Crippen MR) is 73.7 cm³/mol. The number of hydrogen-bond acceptors (Lipinski definition) is 0. The zero-order chi connectivity index (χ0) is 12.0. The van der Waals surface area contributed by atoms with Gasteiger partial charge in [0.1, 0.15) is 0 Å². The summed E-state index contributed by atoms with van der Waals surface area (Å²) in [4.78, 5) is 0. The van der Waals surface area contributed by atoms with Crippen LogP contribution < -0.4 is 0 Å². The zero-order valence-electron chi connectivity index (χ0n) is 11.3. The van der Waals surface area contributed by atoms with Crippen LogP contribution in [0.15, 0.2) is 24.3 Å². The van der Waals surface area contributed by atoms with Crippen molar-refractivity contribution >= 4 is 0 Å². The lowest BCUT2D eigenvalue weighted by atomic mass is 9.55. The SMILES string of the molecule is C=C1C2CCCCC2C(=C)C2CC(C)CCC12. The molecule has 0 nitrogen and oxygen atoms in total. The van der Waals surface area contributed by atoms with Crippen LogP contribution in [0, 0.1) is 29.6 Å². The summed E-state index contributed by atoms with van der Waals surface area (Å²) in [6.45, 7) is 11.4. The summed E-state index contributed by atoms with van der Waals surface area (Å²) in [7, 11) is 0. The van der Waals surface area contributed by atoms with E-state index in [2.05, 4.69) is 20.1 Å². The highest BCUT2D eigenvalue weighted by atomic mass is 14.5. The van der Waals surface area contributed by atoms with Crippen molar-refractivity contribution in [1.29, 1.82) is 0 Å². The van der Waals surface area contributed by atoms with E-state index >= 15 is 0 Å². The Morgan fingerprint density at radius 3 is 1.94 bits per heavy atom. The molecule has 3 fully saturated rings. The van der Waals surface area contributed by atoms with Crippen LogP contribution in [0.3, 0.4) is 0 Å². The molecule has 0 aromatic heterocycles.